The van der Waals surface area contributed by atoms with Crippen LogP contribution in [0.1, 0.15) is 58.8 Å². The fraction of sp³-hybridized carbons (Fsp3) is 1.00. The van der Waals surface area contributed by atoms with Gasteiger partial charge in [0.1, 0.15) is 0 Å². The molecule has 2 aliphatic rings. The van der Waals surface area contributed by atoms with Gasteiger partial charge in [0.05, 0.1) is 0 Å². The summed E-state index contributed by atoms with van der Waals surface area (Å²) in [6, 6.07) is 1.68. The Morgan fingerprint density at radius 3 is 2.71 bits per heavy atom. The molecule has 0 aromatic heterocycles. The number of rotatable bonds is 3. The maximum Gasteiger partial charge on any atom is 0.0223 e. The van der Waals surface area contributed by atoms with Gasteiger partial charge in [0.2, 0.25) is 0 Å². The summed E-state index contributed by atoms with van der Waals surface area (Å²) in [5.41, 5.74) is 0.590. The summed E-state index contributed by atoms with van der Waals surface area (Å²) in [6.45, 7) is 7.42. The molecule has 2 heteroatoms. The summed E-state index contributed by atoms with van der Waals surface area (Å²) in [7, 11) is 2.09. The third-order valence-electron chi connectivity index (χ3n) is 4.88. The smallest absolute Gasteiger partial charge is 0.0223 e. The molecule has 2 nitrogen and oxygen atoms in total. The molecule has 1 aliphatic carbocycles. The van der Waals surface area contributed by atoms with Crippen molar-refractivity contribution in [2.45, 2.75) is 70.9 Å². The lowest BCUT2D eigenvalue weighted by molar-refractivity contribution is 0.158. The Bertz CT molecular complexity index is 237. The van der Waals surface area contributed by atoms with Crippen LogP contribution in [0.25, 0.3) is 0 Å². The Labute approximate surface area is 107 Å². The van der Waals surface area contributed by atoms with Crippen LogP contribution in [0.4, 0.5) is 0 Å². The average Bonchev–Trinajstić information content (AvgIpc) is 2.64. The van der Waals surface area contributed by atoms with E-state index in [0.29, 0.717) is 5.41 Å². The predicted molar refractivity (Wildman–Crippen MR) is 74.3 cm³/mol. The molecule has 2 atom stereocenters. The number of likely N-dealkylation sites (N-methyl/N-ethyl adjacent to an activating group) is 1. The summed E-state index contributed by atoms with van der Waals surface area (Å²) < 4.78 is 0. The average molecular weight is 238 g/mol. The van der Waals surface area contributed by atoms with Crippen LogP contribution in [0, 0.1) is 5.41 Å². The maximum absolute atomic E-state index is 3.37. The van der Waals surface area contributed by atoms with E-state index in [0.717, 1.165) is 12.1 Å². The summed E-state index contributed by atoms with van der Waals surface area (Å²) in [5.74, 6) is 0. The van der Waals surface area contributed by atoms with Gasteiger partial charge in [0, 0.05) is 18.6 Å². The number of hydrogen-bond donors (Lipinski definition) is 1. The fourth-order valence-electron chi connectivity index (χ4n) is 3.77. The monoisotopic (exact) mass is 238 g/mol. The zero-order valence-electron chi connectivity index (χ0n) is 12.0. The normalized spacial score (nSPS) is 34.8. The van der Waals surface area contributed by atoms with E-state index >= 15 is 0 Å². The SMILES string of the molecule is CNCC1CCCN1C1CCCC(C)(C)CC1. The van der Waals surface area contributed by atoms with Crippen LogP contribution in [0.15, 0.2) is 0 Å². The van der Waals surface area contributed by atoms with Gasteiger partial charge in [-0.15, -0.1) is 0 Å². The second-order valence-corrected chi connectivity index (χ2v) is 6.84. The Hall–Kier alpha value is -0.0800. The molecule has 0 radical (unpaired) electrons. The first kappa shape index (κ1) is 13.4. The van der Waals surface area contributed by atoms with Gasteiger partial charge in [-0.3, -0.25) is 4.90 Å². The van der Waals surface area contributed by atoms with Crippen molar-refractivity contribution in [3.8, 4) is 0 Å². The van der Waals surface area contributed by atoms with Gasteiger partial charge < -0.3 is 5.32 Å². The minimum absolute atomic E-state index is 0.590. The number of nitrogens with zero attached hydrogens (tertiary/aromatic N) is 1. The van der Waals surface area contributed by atoms with Gasteiger partial charge >= 0.3 is 0 Å². The molecular formula is C15H30N2. The first-order valence-corrected chi connectivity index (χ1v) is 7.53. The van der Waals surface area contributed by atoms with Crippen LogP contribution in [0.2, 0.25) is 0 Å². The van der Waals surface area contributed by atoms with E-state index in [1.54, 1.807) is 0 Å². The van der Waals surface area contributed by atoms with Crippen LogP contribution in [-0.4, -0.2) is 37.1 Å². The minimum Gasteiger partial charge on any atom is -0.318 e. The highest BCUT2D eigenvalue weighted by Crippen LogP contribution is 2.37. The third kappa shape index (κ3) is 3.45. The highest BCUT2D eigenvalue weighted by atomic mass is 15.2. The van der Waals surface area contributed by atoms with Crippen LogP contribution in [0.3, 0.4) is 0 Å². The van der Waals surface area contributed by atoms with E-state index < -0.39 is 0 Å². The van der Waals surface area contributed by atoms with Crippen molar-refractivity contribution in [3.63, 3.8) is 0 Å². The van der Waals surface area contributed by atoms with E-state index in [1.165, 1.54) is 58.0 Å². The van der Waals surface area contributed by atoms with Crippen LogP contribution in [-0.2, 0) is 0 Å². The van der Waals surface area contributed by atoms with Gasteiger partial charge in [-0.1, -0.05) is 20.3 Å². The van der Waals surface area contributed by atoms with Gasteiger partial charge in [-0.25, -0.2) is 0 Å². The van der Waals surface area contributed by atoms with Crippen molar-refractivity contribution in [1.29, 1.82) is 0 Å². The van der Waals surface area contributed by atoms with Gasteiger partial charge in [0.25, 0.3) is 0 Å². The van der Waals surface area contributed by atoms with E-state index in [9.17, 15) is 0 Å². The van der Waals surface area contributed by atoms with Crippen LogP contribution >= 0.6 is 0 Å². The lowest BCUT2D eigenvalue weighted by Gasteiger charge is -2.33. The molecule has 1 heterocycles. The summed E-state index contributed by atoms with van der Waals surface area (Å²) >= 11 is 0. The molecule has 1 saturated heterocycles. The molecule has 1 N–H and O–H groups in total. The third-order valence-corrected chi connectivity index (χ3v) is 4.88. The van der Waals surface area contributed by atoms with Crippen LogP contribution < -0.4 is 5.32 Å². The Morgan fingerprint density at radius 1 is 1.12 bits per heavy atom. The van der Waals surface area contributed by atoms with E-state index in [2.05, 4.69) is 31.1 Å². The van der Waals surface area contributed by atoms with Gasteiger partial charge in [0.15, 0.2) is 0 Å². The van der Waals surface area contributed by atoms with E-state index in [-0.39, 0.29) is 0 Å². The van der Waals surface area contributed by atoms with Crippen molar-refractivity contribution < 1.29 is 0 Å². The number of likely N-dealkylation sites (tertiary alicyclic amines) is 1. The quantitative estimate of drug-likeness (QED) is 0.760. The molecular weight excluding hydrogens is 208 g/mol. The second-order valence-electron chi connectivity index (χ2n) is 6.84. The topological polar surface area (TPSA) is 15.3 Å². The first-order chi connectivity index (χ1) is 8.12. The summed E-state index contributed by atoms with van der Waals surface area (Å²) in [5, 5.41) is 3.37. The van der Waals surface area contributed by atoms with E-state index in [4.69, 9.17) is 0 Å². The first-order valence-electron chi connectivity index (χ1n) is 7.53. The maximum atomic E-state index is 3.37. The Kier molecular flexibility index (Phi) is 4.48. The van der Waals surface area contributed by atoms with Gasteiger partial charge in [-0.05, 0) is 57.5 Å². The second kappa shape index (κ2) is 5.71. The molecule has 0 amide bonds. The molecule has 1 aliphatic heterocycles. The summed E-state index contributed by atoms with van der Waals surface area (Å²) in [4.78, 5) is 2.82. The molecule has 0 bridgehead atoms. The number of nitrogens with one attached hydrogen (secondary N) is 1. The Balaban J connectivity index is 1.92. The fourth-order valence-corrected chi connectivity index (χ4v) is 3.77. The van der Waals surface area contributed by atoms with Crippen molar-refractivity contribution in [2.75, 3.05) is 20.1 Å². The molecule has 0 aromatic rings. The van der Waals surface area contributed by atoms with Crippen molar-refractivity contribution in [3.05, 3.63) is 0 Å². The molecule has 2 fully saturated rings. The number of hydrogen-bond acceptors (Lipinski definition) is 2. The zero-order chi connectivity index (χ0) is 12.3. The standard InChI is InChI=1S/C15H30N2/c1-15(2)9-4-6-13(8-10-15)17-11-5-7-14(17)12-16-3/h13-14,16H,4-12H2,1-3H3. The minimum atomic E-state index is 0.590. The van der Waals surface area contributed by atoms with E-state index in [1.807, 2.05) is 0 Å². The highest BCUT2D eigenvalue weighted by Gasteiger charge is 2.33. The van der Waals surface area contributed by atoms with Crippen molar-refractivity contribution >= 4 is 0 Å². The molecule has 1 saturated carbocycles. The van der Waals surface area contributed by atoms with Gasteiger partial charge in [-0.2, -0.15) is 0 Å². The molecule has 2 unspecified atom stereocenters. The molecule has 100 valence electrons. The zero-order valence-corrected chi connectivity index (χ0v) is 12.0. The highest BCUT2D eigenvalue weighted by molar-refractivity contribution is 4.88. The largest absolute Gasteiger partial charge is 0.318 e. The molecule has 2 rings (SSSR count). The lowest BCUT2D eigenvalue weighted by Crippen LogP contribution is -2.43. The molecule has 0 spiro atoms. The predicted octanol–water partition coefficient (Wildman–Crippen LogP) is 3.03. The molecule has 17 heavy (non-hydrogen) atoms. The van der Waals surface area contributed by atoms with Crippen LogP contribution in [0.5, 0.6) is 0 Å². The van der Waals surface area contributed by atoms with Crippen molar-refractivity contribution in [1.82, 2.24) is 10.2 Å². The Morgan fingerprint density at radius 2 is 1.94 bits per heavy atom. The molecule has 0 aromatic carbocycles. The summed E-state index contributed by atoms with van der Waals surface area (Å²) in [6.07, 6.45) is 9.94. The lowest BCUT2D eigenvalue weighted by atomic mass is 9.85. The van der Waals surface area contributed by atoms with Crippen molar-refractivity contribution in [2.24, 2.45) is 5.41 Å².